The van der Waals surface area contributed by atoms with Crippen molar-refractivity contribution in [3.63, 3.8) is 0 Å². The molecule has 0 atom stereocenters. The van der Waals surface area contributed by atoms with Gasteiger partial charge in [-0.3, -0.25) is 9.59 Å². The van der Waals surface area contributed by atoms with Crippen LogP contribution in [-0.2, 0) is 22.6 Å². The molecule has 0 radical (unpaired) electrons. The van der Waals surface area contributed by atoms with E-state index in [0.29, 0.717) is 13.0 Å². The molecule has 0 aliphatic rings. The monoisotopic (exact) mass is 296 g/mol. The van der Waals surface area contributed by atoms with Gasteiger partial charge in [0.15, 0.2) is 0 Å². The standard InChI is InChI=1S/C18H20N2O2/c1-13-5-3-4-6-16(13)12-19-18(22)11-15-7-9-17(10-8-15)20-14(2)21/h3-10H,11-12H2,1-2H3,(H,19,22)(H,20,21). The zero-order valence-electron chi connectivity index (χ0n) is 12.8. The maximum absolute atomic E-state index is 12.0. The van der Waals surface area contributed by atoms with E-state index in [4.69, 9.17) is 0 Å². The second-order valence-electron chi connectivity index (χ2n) is 5.26. The highest BCUT2D eigenvalue weighted by atomic mass is 16.2. The van der Waals surface area contributed by atoms with E-state index in [0.717, 1.165) is 16.8 Å². The molecule has 0 aromatic heterocycles. The third-order valence-electron chi connectivity index (χ3n) is 3.38. The Morgan fingerprint density at radius 3 is 2.32 bits per heavy atom. The molecule has 114 valence electrons. The van der Waals surface area contributed by atoms with E-state index in [9.17, 15) is 9.59 Å². The van der Waals surface area contributed by atoms with Crippen molar-refractivity contribution in [2.75, 3.05) is 5.32 Å². The normalized spacial score (nSPS) is 10.1. The molecule has 0 aliphatic carbocycles. The molecule has 0 unspecified atom stereocenters. The van der Waals surface area contributed by atoms with Crippen molar-refractivity contribution in [1.29, 1.82) is 0 Å². The summed E-state index contributed by atoms with van der Waals surface area (Å²) >= 11 is 0. The zero-order valence-corrected chi connectivity index (χ0v) is 12.8. The molecule has 2 aromatic rings. The van der Waals surface area contributed by atoms with Crippen LogP contribution in [0.25, 0.3) is 0 Å². The SMILES string of the molecule is CC(=O)Nc1ccc(CC(=O)NCc2ccccc2C)cc1. The maximum Gasteiger partial charge on any atom is 0.224 e. The molecule has 2 amide bonds. The first-order valence-electron chi connectivity index (χ1n) is 7.22. The van der Waals surface area contributed by atoms with Gasteiger partial charge in [-0.25, -0.2) is 0 Å². The summed E-state index contributed by atoms with van der Waals surface area (Å²) < 4.78 is 0. The Balaban J connectivity index is 1.87. The largest absolute Gasteiger partial charge is 0.352 e. The fourth-order valence-electron chi connectivity index (χ4n) is 2.16. The molecule has 4 heteroatoms. The first-order chi connectivity index (χ1) is 10.5. The van der Waals surface area contributed by atoms with E-state index in [1.165, 1.54) is 12.5 Å². The number of carbonyl (C=O) groups excluding carboxylic acids is 2. The summed E-state index contributed by atoms with van der Waals surface area (Å²) in [6, 6.07) is 15.3. The molecule has 2 N–H and O–H groups in total. The molecule has 0 spiro atoms. The van der Waals surface area contributed by atoms with Gasteiger partial charge in [0.25, 0.3) is 0 Å². The molecule has 0 heterocycles. The summed E-state index contributed by atoms with van der Waals surface area (Å²) in [5.74, 6) is -0.126. The Labute approximate surface area is 130 Å². The minimum atomic E-state index is -0.108. The third kappa shape index (κ3) is 4.74. The van der Waals surface area contributed by atoms with Crippen molar-refractivity contribution in [3.8, 4) is 0 Å². The van der Waals surface area contributed by atoms with E-state index < -0.39 is 0 Å². The lowest BCUT2D eigenvalue weighted by Gasteiger charge is -2.08. The van der Waals surface area contributed by atoms with Crippen LogP contribution in [0, 0.1) is 6.92 Å². The minimum absolute atomic E-state index is 0.0180. The van der Waals surface area contributed by atoms with Crippen LogP contribution in [0.1, 0.15) is 23.6 Å². The number of anilines is 1. The van der Waals surface area contributed by atoms with Crippen molar-refractivity contribution < 1.29 is 9.59 Å². The summed E-state index contributed by atoms with van der Waals surface area (Å²) in [5.41, 5.74) is 3.94. The molecule has 22 heavy (non-hydrogen) atoms. The van der Waals surface area contributed by atoms with Crippen LogP contribution in [0.15, 0.2) is 48.5 Å². The van der Waals surface area contributed by atoms with E-state index in [1.807, 2.05) is 43.3 Å². The smallest absolute Gasteiger partial charge is 0.224 e. The van der Waals surface area contributed by atoms with Gasteiger partial charge in [-0.15, -0.1) is 0 Å². The van der Waals surface area contributed by atoms with E-state index in [-0.39, 0.29) is 11.8 Å². The van der Waals surface area contributed by atoms with Gasteiger partial charge >= 0.3 is 0 Å². The van der Waals surface area contributed by atoms with Gasteiger partial charge in [0.05, 0.1) is 6.42 Å². The zero-order chi connectivity index (χ0) is 15.9. The quantitative estimate of drug-likeness (QED) is 0.891. The van der Waals surface area contributed by atoms with Crippen LogP contribution in [0.2, 0.25) is 0 Å². The highest BCUT2D eigenvalue weighted by molar-refractivity contribution is 5.88. The van der Waals surface area contributed by atoms with Crippen LogP contribution in [0.5, 0.6) is 0 Å². The lowest BCUT2D eigenvalue weighted by atomic mass is 10.1. The van der Waals surface area contributed by atoms with Gasteiger partial charge in [0.2, 0.25) is 11.8 Å². The van der Waals surface area contributed by atoms with Crippen molar-refractivity contribution in [2.45, 2.75) is 26.8 Å². The van der Waals surface area contributed by atoms with E-state index >= 15 is 0 Å². The lowest BCUT2D eigenvalue weighted by Crippen LogP contribution is -2.24. The van der Waals surface area contributed by atoms with Gasteiger partial charge in [-0.05, 0) is 35.7 Å². The predicted molar refractivity (Wildman–Crippen MR) is 87.5 cm³/mol. The Hall–Kier alpha value is -2.62. The van der Waals surface area contributed by atoms with Crippen LogP contribution in [0.3, 0.4) is 0 Å². The van der Waals surface area contributed by atoms with E-state index in [1.54, 1.807) is 12.1 Å². The topological polar surface area (TPSA) is 58.2 Å². The number of rotatable bonds is 5. The Bertz CT molecular complexity index is 663. The first-order valence-corrected chi connectivity index (χ1v) is 7.22. The van der Waals surface area contributed by atoms with Crippen molar-refractivity contribution in [3.05, 3.63) is 65.2 Å². The average molecular weight is 296 g/mol. The number of amides is 2. The van der Waals surface area contributed by atoms with Crippen LogP contribution >= 0.6 is 0 Å². The molecule has 0 saturated carbocycles. The number of hydrogen-bond acceptors (Lipinski definition) is 2. The molecule has 2 aromatic carbocycles. The Morgan fingerprint density at radius 1 is 1.00 bits per heavy atom. The number of hydrogen-bond donors (Lipinski definition) is 2. The number of nitrogens with one attached hydrogen (secondary N) is 2. The molecular formula is C18H20N2O2. The second-order valence-corrected chi connectivity index (χ2v) is 5.26. The molecule has 2 rings (SSSR count). The minimum Gasteiger partial charge on any atom is -0.352 e. The van der Waals surface area contributed by atoms with Gasteiger partial charge in [-0.2, -0.15) is 0 Å². The third-order valence-corrected chi connectivity index (χ3v) is 3.38. The highest BCUT2D eigenvalue weighted by Crippen LogP contribution is 2.10. The van der Waals surface area contributed by atoms with Gasteiger partial charge < -0.3 is 10.6 Å². The lowest BCUT2D eigenvalue weighted by molar-refractivity contribution is -0.120. The Morgan fingerprint density at radius 2 is 1.68 bits per heavy atom. The number of benzene rings is 2. The first kappa shape index (κ1) is 15.8. The van der Waals surface area contributed by atoms with Gasteiger partial charge in [-0.1, -0.05) is 36.4 Å². The maximum atomic E-state index is 12.0. The van der Waals surface area contributed by atoms with Crippen LogP contribution in [-0.4, -0.2) is 11.8 Å². The highest BCUT2D eigenvalue weighted by Gasteiger charge is 2.05. The molecule has 0 saturated heterocycles. The summed E-state index contributed by atoms with van der Waals surface area (Å²) in [5, 5.41) is 5.63. The molecule has 4 nitrogen and oxygen atoms in total. The molecular weight excluding hydrogens is 276 g/mol. The summed E-state index contributed by atoms with van der Waals surface area (Å²) in [6.45, 7) is 4.03. The summed E-state index contributed by atoms with van der Waals surface area (Å²) in [7, 11) is 0. The molecule has 0 bridgehead atoms. The predicted octanol–water partition coefficient (Wildman–Crippen LogP) is 2.81. The fourth-order valence-corrected chi connectivity index (χ4v) is 2.16. The van der Waals surface area contributed by atoms with Gasteiger partial charge in [0, 0.05) is 19.2 Å². The summed E-state index contributed by atoms with van der Waals surface area (Å²) in [4.78, 5) is 22.9. The Kier molecular flexibility index (Phi) is 5.31. The van der Waals surface area contributed by atoms with Crippen LogP contribution < -0.4 is 10.6 Å². The molecule has 0 fully saturated rings. The van der Waals surface area contributed by atoms with Crippen LogP contribution in [0.4, 0.5) is 5.69 Å². The second kappa shape index (κ2) is 7.41. The van der Waals surface area contributed by atoms with Crippen molar-refractivity contribution in [1.82, 2.24) is 5.32 Å². The van der Waals surface area contributed by atoms with Crippen molar-refractivity contribution in [2.24, 2.45) is 0 Å². The van der Waals surface area contributed by atoms with Crippen molar-refractivity contribution >= 4 is 17.5 Å². The summed E-state index contributed by atoms with van der Waals surface area (Å²) in [6.07, 6.45) is 0.326. The van der Waals surface area contributed by atoms with E-state index in [2.05, 4.69) is 10.6 Å². The average Bonchev–Trinajstić information content (AvgIpc) is 2.48. The molecule has 0 aliphatic heterocycles. The number of carbonyl (C=O) groups is 2. The fraction of sp³-hybridized carbons (Fsp3) is 0.222. The number of aryl methyl sites for hydroxylation is 1. The van der Waals surface area contributed by atoms with Gasteiger partial charge in [0.1, 0.15) is 0 Å².